The Labute approximate surface area is 142 Å². The first-order valence-corrected chi connectivity index (χ1v) is 8.50. The van der Waals surface area contributed by atoms with Crippen LogP contribution in [0.15, 0.2) is 24.3 Å². The highest BCUT2D eigenvalue weighted by Crippen LogP contribution is 2.33. The predicted octanol–water partition coefficient (Wildman–Crippen LogP) is 1.24. The van der Waals surface area contributed by atoms with E-state index >= 15 is 0 Å². The number of carbonyl (C=O) groups excluding carboxylic acids is 2. The maximum absolute atomic E-state index is 12.7. The highest BCUT2D eigenvalue weighted by Gasteiger charge is 2.35. The first-order chi connectivity index (χ1) is 11.6. The largest absolute Gasteiger partial charge is 0.384 e. The van der Waals surface area contributed by atoms with Gasteiger partial charge in [-0.2, -0.15) is 0 Å². The zero-order valence-electron chi connectivity index (χ0n) is 14.1. The summed E-state index contributed by atoms with van der Waals surface area (Å²) in [5.41, 5.74) is 1.61. The number of piperidine rings is 1. The van der Waals surface area contributed by atoms with Crippen LogP contribution in [-0.2, 0) is 14.3 Å². The Morgan fingerprint density at radius 2 is 2.08 bits per heavy atom. The molecule has 130 valence electrons. The smallest absolute Gasteiger partial charge is 0.228 e. The van der Waals surface area contributed by atoms with E-state index in [2.05, 4.69) is 16.0 Å². The van der Waals surface area contributed by atoms with Crippen molar-refractivity contribution in [1.29, 1.82) is 0 Å². The maximum atomic E-state index is 12.7. The average Bonchev–Trinajstić information content (AvgIpc) is 2.60. The fourth-order valence-electron chi connectivity index (χ4n) is 3.68. The number of anilines is 1. The molecule has 1 fully saturated rings. The molecule has 0 saturated carbocycles. The standard InChI is InChI=1S/C18H25N3O3/c1-24-12-18(6-8-19-9-7-18)11-20-17(23)14-10-16(22)21-15-5-3-2-4-13(14)15/h2-5,14,19H,6-12H2,1H3,(H,20,23)(H,21,22). The Kier molecular flexibility index (Phi) is 5.16. The van der Waals surface area contributed by atoms with E-state index in [0.29, 0.717) is 13.2 Å². The molecule has 1 unspecified atom stereocenters. The number of fused-ring (bicyclic) bond motifs is 1. The van der Waals surface area contributed by atoms with Gasteiger partial charge >= 0.3 is 0 Å². The van der Waals surface area contributed by atoms with Gasteiger partial charge in [-0.1, -0.05) is 18.2 Å². The van der Waals surface area contributed by atoms with Crippen LogP contribution in [-0.4, -0.2) is 45.2 Å². The summed E-state index contributed by atoms with van der Waals surface area (Å²) in [5, 5.41) is 9.26. The number of hydrogen-bond acceptors (Lipinski definition) is 4. The minimum absolute atomic E-state index is 0.0217. The van der Waals surface area contributed by atoms with E-state index in [0.717, 1.165) is 37.2 Å². The Morgan fingerprint density at radius 1 is 1.33 bits per heavy atom. The molecule has 1 aromatic carbocycles. The molecule has 0 spiro atoms. The van der Waals surface area contributed by atoms with E-state index in [1.54, 1.807) is 7.11 Å². The van der Waals surface area contributed by atoms with Crippen molar-refractivity contribution in [3.63, 3.8) is 0 Å². The summed E-state index contributed by atoms with van der Waals surface area (Å²) in [6.07, 6.45) is 2.15. The number of carbonyl (C=O) groups is 2. The molecule has 6 heteroatoms. The quantitative estimate of drug-likeness (QED) is 0.758. The second-order valence-corrected chi connectivity index (χ2v) is 6.79. The Bertz CT molecular complexity index is 606. The summed E-state index contributed by atoms with van der Waals surface area (Å²) in [7, 11) is 1.70. The number of nitrogens with one attached hydrogen (secondary N) is 3. The van der Waals surface area contributed by atoms with Crippen LogP contribution in [0.1, 0.15) is 30.7 Å². The highest BCUT2D eigenvalue weighted by atomic mass is 16.5. The van der Waals surface area contributed by atoms with Gasteiger partial charge in [0.15, 0.2) is 0 Å². The number of benzene rings is 1. The molecule has 0 radical (unpaired) electrons. The summed E-state index contributed by atoms with van der Waals surface area (Å²) >= 11 is 0. The van der Waals surface area contributed by atoms with Crippen LogP contribution in [0.4, 0.5) is 5.69 Å². The molecule has 0 bridgehead atoms. The molecule has 6 nitrogen and oxygen atoms in total. The summed E-state index contributed by atoms with van der Waals surface area (Å²) < 4.78 is 5.39. The van der Waals surface area contributed by atoms with Gasteiger partial charge in [0.25, 0.3) is 0 Å². The molecule has 2 aliphatic rings. The number of amides is 2. The van der Waals surface area contributed by atoms with Crippen LogP contribution >= 0.6 is 0 Å². The van der Waals surface area contributed by atoms with Crippen LogP contribution < -0.4 is 16.0 Å². The van der Waals surface area contributed by atoms with Crippen molar-refractivity contribution in [3.05, 3.63) is 29.8 Å². The predicted molar refractivity (Wildman–Crippen MR) is 91.9 cm³/mol. The van der Waals surface area contributed by atoms with Gasteiger partial charge in [-0.05, 0) is 37.6 Å². The Balaban J connectivity index is 1.69. The lowest BCUT2D eigenvalue weighted by Gasteiger charge is -2.37. The Hall–Kier alpha value is -1.92. The fraction of sp³-hybridized carbons (Fsp3) is 0.556. The zero-order valence-corrected chi connectivity index (χ0v) is 14.1. The van der Waals surface area contributed by atoms with Gasteiger partial charge in [0.05, 0.1) is 12.5 Å². The lowest BCUT2D eigenvalue weighted by molar-refractivity contribution is -0.127. The van der Waals surface area contributed by atoms with Crippen LogP contribution in [0.25, 0.3) is 0 Å². The van der Waals surface area contributed by atoms with E-state index in [-0.39, 0.29) is 23.7 Å². The van der Waals surface area contributed by atoms with Gasteiger partial charge in [-0.25, -0.2) is 0 Å². The number of methoxy groups -OCH3 is 1. The van der Waals surface area contributed by atoms with E-state index in [1.165, 1.54) is 0 Å². The first kappa shape index (κ1) is 16.9. The lowest BCUT2D eigenvalue weighted by Crippen LogP contribution is -2.48. The van der Waals surface area contributed by atoms with Gasteiger partial charge in [0.1, 0.15) is 0 Å². The van der Waals surface area contributed by atoms with Gasteiger partial charge in [0, 0.05) is 31.2 Å². The van der Waals surface area contributed by atoms with Crippen molar-refractivity contribution in [2.75, 3.05) is 38.7 Å². The Morgan fingerprint density at radius 3 is 2.83 bits per heavy atom. The van der Waals surface area contributed by atoms with Crippen LogP contribution in [0, 0.1) is 5.41 Å². The fourth-order valence-corrected chi connectivity index (χ4v) is 3.68. The monoisotopic (exact) mass is 331 g/mol. The number of rotatable bonds is 5. The van der Waals surface area contributed by atoms with Gasteiger partial charge in [-0.3, -0.25) is 9.59 Å². The molecule has 0 aliphatic carbocycles. The van der Waals surface area contributed by atoms with Gasteiger partial charge in [0.2, 0.25) is 11.8 Å². The molecule has 2 heterocycles. The lowest BCUT2D eigenvalue weighted by atomic mass is 9.79. The van der Waals surface area contributed by atoms with E-state index in [9.17, 15) is 9.59 Å². The summed E-state index contributed by atoms with van der Waals surface area (Å²) in [5.74, 6) is -0.607. The van der Waals surface area contributed by atoms with Gasteiger partial charge < -0.3 is 20.7 Å². The average molecular weight is 331 g/mol. The van der Waals surface area contributed by atoms with Crippen LogP contribution in [0.5, 0.6) is 0 Å². The third-order valence-corrected chi connectivity index (χ3v) is 5.07. The van der Waals surface area contributed by atoms with Crippen molar-refractivity contribution < 1.29 is 14.3 Å². The van der Waals surface area contributed by atoms with E-state index in [1.807, 2.05) is 24.3 Å². The van der Waals surface area contributed by atoms with Crippen molar-refractivity contribution in [2.24, 2.45) is 5.41 Å². The maximum Gasteiger partial charge on any atom is 0.228 e. The number of hydrogen-bond donors (Lipinski definition) is 3. The van der Waals surface area contributed by atoms with Crippen molar-refractivity contribution >= 4 is 17.5 Å². The first-order valence-electron chi connectivity index (χ1n) is 8.50. The second kappa shape index (κ2) is 7.32. The third kappa shape index (κ3) is 3.60. The third-order valence-electron chi connectivity index (χ3n) is 5.07. The molecule has 24 heavy (non-hydrogen) atoms. The van der Waals surface area contributed by atoms with E-state index < -0.39 is 5.92 Å². The molecule has 3 N–H and O–H groups in total. The molecule has 3 rings (SSSR count). The van der Waals surface area contributed by atoms with Crippen molar-refractivity contribution in [3.8, 4) is 0 Å². The molecule has 2 amide bonds. The van der Waals surface area contributed by atoms with Crippen molar-refractivity contribution in [1.82, 2.24) is 10.6 Å². The molecule has 0 aromatic heterocycles. The minimum Gasteiger partial charge on any atom is -0.384 e. The van der Waals surface area contributed by atoms with Gasteiger partial charge in [-0.15, -0.1) is 0 Å². The van der Waals surface area contributed by atoms with E-state index in [4.69, 9.17) is 4.74 Å². The molecular weight excluding hydrogens is 306 g/mol. The summed E-state index contributed by atoms with van der Waals surface area (Å²) in [6, 6.07) is 7.51. The van der Waals surface area contributed by atoms with Crippen LogP contribution in [0.2, 0.25) is 0 Å². The van der Waals surface area contributed by atoms with Crippen molar-refractivity contribution in [2.45, 2.75) is 25.2 Å². The number of para-hydroxylation sites is 1. The second-order valence-electron chi connectivity index (χ2n) is 6.79. The minimum atomic E-state index is -0.420. The topological polar surface area (TPSA) is 79.5 Å². The number of ether oxygens (including phenoxy) is 1. The molecular formula is C18H25N3O3. The molecule has 1 saturated heterocycles. The van der Waals surface area contributed by atoms with Crippen LogP contribution in [0.3, 0.4) is 0 Å². The normalized spacial score (nSPS) is 22.4. The summed E-state index contributed by atoms with van der Waals surface area (Å²) in [6.45, 7) is 3.10. The SMILES string of the molecule is COCC1(CNC(=O)C2CC(=O)Nc3ccccc32)CCNCC1. The molecule has 2 aliphatic heterocycles. The molecule has 1 atom stereocenters. The zero-order chi connectivity index (χ0) is 17.0. The summed E-state index contributed by atoms with van der Waals surface area (Å²) in [4.78, 5) is 24.6. The highest BCUT2D eigenvalue weighted by molar-refractivity contribution is 6.01. The molecule has 1 aromatic rings.